The highest BCUT2D eigenvalue weighted by Crippen LogP contribution is 2.17. The van der Waals surface area contributed by atoms with Gasteiger partial charge in [0.1, 0.15) is 5.75 Å². The molecular formula is C14H23NO2. The minimum atomic E-state index is -0.114. The van der Waals surface area contributed by atoms with Crippen LogP contribution in [0, 0.1) is 5.92 Å². The molecule has 0 spiro atoms. The van der Waals surface area contributed by atoms with Crippen molar-refractivity contribution in [2.24, 2.45) is 5.92 Å². The summed E-state index contributed by atoms with van der Waals surface area (Å²) in [5.41, 5.74) is 1.26. The van der Waals surface area contributed by atoms with Gasteiger partial charge in [-0.25, -0.2) is 0 Å². The molecule has 0 aliphatic carbocycles. The third-order valence-corrected chi connectivity index (χ3v) is 2.83. The van der Waals surface area contributed by atoms with Crippen molar-refractivity contribution < 1.29 is 11.0 Å². The maximum Gasteiger partial charge on any atom is 0.257 e. The lowest BCUT2D eigenvalue weighted by molar-refractivity contribution is -0.122. The van der Waals surface area contributed by atoms with Crippen molar-refractivity contribution in [2.75, 3.05) is 13.7 Å². The van der Waals surface area contributed by atoms with Gasteiger partial charge >= 0.3 is 0 Å². The number of hydrogen-bond donors (Lipinski definition) is 1. The molecule has 0 bridgehead atoms. The average molecular weight is 237 g/mol. The molecule has 0 saturated carbocycles. The van der Waals surface area contributed by atoms with Crippen LogP contribution in [-0.2, 0) is 11.2 Å². The Labute approximate surface area is 105 Å². The van der Waals surface area contributed by atoms with E-state index in [1.165, 1.54) is 12.0 Å². The van der Waals surface area contributed by atoms with Gasteiger partial charge in [0.15, 0.2) is 6.61 Å². The molecule has 1 rings (SSSR count). The first-order valence-electron chi connectivity index (χ1n) is 6.08. The molecule has 3 heteroatoms. The van der Waals surface area contributed by atoms with Gasteiger partial charge in [0.2, 0.25) is 0 Å². The van der Waals surface area contributed by atoms with Gasteiger partial charge in [-0.3, -0.25) is 4.79 Å². The van der Waals surface area contributed by atoms with Crippen molar-refractivity contribution in [1.82, 2.24) is 5.32 Å². The van der Waals surface area contributed by atoms with Gasteiger partial charge in [0.05, 0.1) is 0 Å². The van der Waals surface area contributed by atoms with Crippen molar-refractivity contribution in [2.45, 2.75) is 26.7 Å². The molecule has 0 aromatic heterocycles. The molecule has 1 unspecified atom stereocenters. The summed E-state index contributed by atoms with van der Waals surface area (Å²) in [7, 11) is 1.60. The highest BCUT2D eigenvalue weighted by Gasteiger charge is 2.04. The van der Waals surface area contributed by atoms with E-state index in [9.17, 15) is 4.79 Å². The van der Waals surface area contributed by atoms with Crippen molar-refractivity contribution in [1.29, 1.82) is 0 Å². The lowest BCUT2D eigenvalue weighted by Crippen LogP contribution is -2.24. The number of hydrogen-bond acceptors (Lipinski definition) is 2. The van der Waals surface area contributed by atoms with E-state index in [2.05, 4.69) is 25.2 Å². The highest BCUT2D eigenvalue weighted by atomic mass is 16.5. The number of likely N-dealkylation sites (N-methyl/N-ethyl adjacent to an activating group) is 1. The minimum Gasteiger partial charge on any atom is -0.484 e. The molecule has 0 aliphatic heterocycles. The molecule has 0 fully saturated rings. The average Bonchev–Trinajstić information content (AvgIpc) is 2.36. The van der Waals surface area contributed by atoms with E-state index in [0.29, 0.717) is 5.92 Å². The summed E-state index contributed by atoms with van der Waals surface area (Å²) in [5.74, 6) is 1.32. The summed E-state index contributed by atoms with van der Waals surface area (Å²) in [6.07, 6.45) is 2.22. The molecule has 3 nitrogen and oxygen atoms in total. The molecule has 0 saturated heterocycles. The maximum absolute atomic E-state index is 11.1. The third kappa shape index (κ3) is 4.89. The van der Waals surface area contributed by atoms with Gasteiger partial charge in [-0.2, -0.15) is 0 Å². The second-order valence-corrected chi connectivity index (χ2v) is 4.33. The van der Waals surface area contributed by atoms with Crippen LogP contribution in [0.15, 0.2) is 24.3 Å². The van der Waals surface area contributed by atoms with E-state index in [-0.39, 0.29) is 13.9 Å². The Morgan fingerprint density at radius 2 is 2.29 bits per heavy atom. The molecule has 0 aliphatic rings. The molecule has 1 aromatic rings. The number of ether oxygens (including phenoxy) is 1. The van der Waals surface area contributed by atoms with Gasteiger partial charge < -0.3 is 10.1 Å². The van der Waals surface area contributed by atoms with Crippen LogP contribution < -0.4 is 10.1 Å². The van der Waals surface area contributed by atoms with Crippen LogP contribution in [0.2, 0.25) is 0 Å². The zero-order chi connectivity index (χ0) is 12.7. The zero-order valence-corrected chi connectivity index (χ0v) is 10.8. The van der Waals surface area contributed by atoms with Crippen molar-refractivity contribution in [3.05, 3.63) is 29.8 Å². The summed E-state index contributed by atoms with van der Waals surface area (Å²) in [6, 6.07) is 7.95. The van der Waals surface area contributed by atoms with Crippen LogP contribution in [0.25, 0.3) is 0 Å². The molecule has 0 heterocycles. The first-order chi connectivity index (χ1) is 8.15. The zero-order valence-electron chi connectivity index (χ0n) is 10.8. The van der Waals surface area contributed by atoms with Gasteiger partial charge in [-0.1, -0.05) is 32.4 Å². The number of carbonyl (C=O) groups excluding carboxylic acids is 1. The number of amides is 1. The summed E-state index contributed by atoms with van der Waals surface area (Å²) in [5, 5.41) is 2.53. The Kier molecular flexibility index (Phi) is 5.53. The Bertz CT molecular complexity index is 369. The van der Waals surface area contributed by atoms with Crippen LogP contribution in [0.4, 0.5) is 0 Å². The summed E-state index contributed by atoms with van der Waals surface area (Å²) >= 11 is 0. The van der Waals surface area contributed by atoms with Crippen LogP contribution in [0.5, 0.6) is 5.75 Å². The van der Waals surface area contributed by atoms with Crippen LogP contribution >= 0.6 is 0 Å². The first-order valence-corrected chi connectivity index (χ1v) is 6.08. The fraction of sp³-hybridized carbons (Fsp3) is 0.500. The second kappa shape index (κ2) is 6.94. The van der Waals surface area contributed by atoms with Gasteiger partial charge in [-0.05, 0) is 30.0 Å². The van der Waals surface area contributed by atoms with E-state index in [4.69, 9.17) is 4.74 Å². The second-order valence-electron chi connectivity index (χ2n) is 4.33. The number of carbonyl (C=O) groups is 1. The molecule has 1 amide bonds. The molecule has 96 valence electrons. The SMILES string of the molecule is CCC(C)Cc1cccc(OCC(=O)NC)c1.[HH]. The maximum atomic E-state index is 11.1. The van der Waals surface area contributed by atoms with E-state index in [1.54, 1.807) is 7.05 Å². The molecular weight excluding hydrogens is 214 g/mol. The first kappa shape index (κ1) is 13.6. The lowest BCUT2D eigenvalue weighted by atomic mass is 9.99. The Morgan fingerprint density at radius 1 is 1.53 bits per heavy atom. The predicted molar refractivity (Wildman–Crippen MR) is 71.3 cm³/mol. The normalized spacial score (nSPS) is 11.9. The van der Waals surface area contributed by atoms with E-state index in [0.717, 1.165) is 12.2 Å². The molecule has 0 radical (unpaired) electrons. The van der Waals surface area contributed by atoms with E-state index < -0.39 is 0 Å². The van der Waals surface area contributed by atoms with Crippen LogP contribution in [0.3, 0.4) is 0 Å². The molecule has 1 atom stereocenters. The number of rotatable bonds is 6. The van der Waals surface area contributed by atoms with E-state index in [1.807, 2.05) is 18.2 Å². The predicted octanol–water partition coefficient (Wildman–Crippen LogP) is 2.65. The smallest absolute Gasteiger partial charge is 0.257 e. The van der Waals surface area contributed by atoms with Crippen LogP contribution in [0.1, 0.15) is 27.3 Å². The quantitative estimate of drug-likeness (QED) is 0.826. The minimum absolute atomic E-state index is 0. The van der Waals surface area contributed by atoms with E-state index >= 15 is 0 Å². The van der Waals surface area contributed by atoms with Crippen molar-refractivity contribution in [3.63, 3.8) is 0 Å². The summed E-state index contributed by atoms with van der Waals surface area (Å²) in [4.78, 5) is 11.1. The van der Waals surface area contributed by atoms with Gasteiger partial charge in [0.25, 0.3) is 5.91 Å². The fourth-order valence-electron chi connectivity index (χ4n) is 1.53. The monoisotopic (exact) mass is 237 g/mol. The summed E-state index contributed by atoms with van der Waals surface area (Å²) < 4.78 is 5.40. The molecule has 17 heavy (non-hydrogen) atoms. The standard InChI is InChI=1S/C14H21NO2.H2/c1-4-11(2)8-12-6-5-7-13(9-12)17-10-14(16)15-3;/h5-7,9,11H,4,8,10H2,1-3H3,(H,15,16);1H. The largest absolute Gasteiger partial charge is 0.484 e. The van der Waals surface area contributed by atoms with Crippen molar-refractivity contribution in [3.8, 4) is 5.75 Å². The van der Waals surface area contributed by atoms with Gasteiger partial charge in [-0.15, -0.1) is 0 Å². The van der Waals surface area contributed by atoms with Gasteiger partial charge in [0, 0.05) is 8.47 Å². The van der Waals surface area contributed by atoms with Crippen molar-refractivity contribution >= 4 is 5.91 Å². The molecule has 1 N–H and O–H groups in total. The lowest BCUT2D eigenvalue weighted by Gasteiger charge is -2.10. The third-order valence-electron chi connectivity index (χ3n) is 2.83. The number of benzene rings is 1. The Balaban J connectivity index is 0.00000289. The summed E-state index contributed by atoms with van der Waals surface area (Å²) in [6.45, 7) is 4.50. The Hall–Kier alpha value is -1.51. The number of nitrogens with one attached hydrogen (secondary N) is 1. The van der Waals surface area contributed by atoms with Crippen LogP contribution in [-0.4, -0.2) is 19.6 Å². The fourth-order valence-corrected chi connectivity index (χ4v) is 1.53. The highest BCUT2D eigenvalue weighted by molar-refractivity contribution is 5.77. The Morgan fingerprint density at radius 3 is 2.94 bits per heavy atom. The topological polar surface area (TPSA) is 38.3 Å². The molecule has 1 aromatic carbocycles.